The molecule has 2 aromatic heterocycles. The molecule has 7 heteroatoms. The number of carbonyl (C=O) groups excluding carboxylic acids is 1. The molecular formula is C19H25N5O2. The molecule has 0 aliphatic carbocycles. The molecule has 2 aromatic rings. The molecular weight excluding hydrogens is 330 g/mol. The van der Waals surface area contributed by atoms with Crippen molar-refractivity contribution in [1.29, 1.82) is 0 Å². The van der Waals surface area contributed by atoms with Crippen LogP contribution in [0.5, 0.6) is 0 Å². The zero-order valence-corrected chi connectivity index (χ0v) is 15.6. The maximum atomic E-state index is 11.8. The number of aryl methyl sites for hydroxylation is 2. The molecule has 0 spiro atoms. The Kier molecular flexibility index (Phi) is 5.65. The fraction of sp³-hybridized carbons (Fsp3) is 0.474. The second-order valence-corrected chi connectivity index (χ2v) is 6.37. The van der Waals surface area contributed by atoms with Gasteiger partial charge in [0, 0.05) is 38.6 Å². The fourth-order valence-electron chi connectivity index (χ4n) is 3.09. The molecule has 7 nitrogen and oxygen atoms in total. The zero-order chi connectivity index (χ0) is 18.5. The van der Waals surface area contributed by atoms with E-state index in [1.807, 2.05) is 19.9 Å². The Morgan fingerprint density at radius 3 is 2.58 bits per heavy atom. The molecule has 1 fully saturated rings. The van der Waals surface area contributed by atoms with Gasteiger partial charge in [0.1, 0.15) is 11.6 Å². The highest BCUT2D eigenvalue weighted by atomic mass is 16.5. The first-order valence-corrected chi connectivity index (χ1v) is 9.02. The molecule has 0 saturated carbocycles. The highest BCUT2D eigenvalue weighted by Gasteiger charge is 2.19. The molecule has 138 valence electrons. The second-order valence-electron chi connectivity index (χ2n) is 6.37. The lowest BCUT2D eigenvalue weighted by Gasteiger charge is -2.24. The number of hydrogen-bond acceptors (Lipinski definition) is 7. The maximum Gasteiger partial charge on any atom is 0.339 e. The van der Waals surface area contributed by atoms with Crippen molar-refractivity contribution >= 4 is 17.6 Å². The van der Waals surface area contributed by atoms with E-state index in [2.05, 4.69) is 24.8 Å². The fourth-order valence-corrected chi connectivity index (χ4v) is 3.09. The van der Waals surface area contributed by atoms with E-state index in [0.717, 1.165) is 55.6 Å². The van der Waals surface area contributed by atoms with Crippen LogP contribution in [0, 0.1) is 13.8 Å². The average Bonchev–Trinajstić information content (AvgIpc) is 2.90. The normalized spacial score (nSPS) is 14.9. The summed E-state index contributed by atoms with van der Waals surface area (Å²) in [5, 5.41) is 0. The molecule has 26 heavy (non-hydrogen) atoms. The number of anilines is 2. The van der Waals surface area contributed by atoms with E-state index in [1.54, 1.807) is 25.4 Å². The number of rotatable bonds is 4. The third-order valence-electron chi connectivity index (χ3n) is 4.43. The Hall–Kier alpha value is -2.70. The molecule has 0 amide bonds. The lowest BCUT2D eigenvalue weighted by Crippen LogP contribution is -2.32. The molecule has 1 aliphatic rings. The molecule has 0 atom stereocenters. The molecule has 0 unspecified atom stereocenters. The predicted molar refractivity (Wildman–Crippen MR) is 101 cm³/mol. The summed E-state index contributed by atoms with van der Waals surface area (Å²) in [4.78, 5) is 29.8. The average molecular weight is 355 g/mol. The summed E-state index contributed by atoms with van der Waals surface area (Å²) in [6.45, 7) is 9.69. The molecule has 0 N–H and O–H groups in total. The zero-order valence-electron chi connectivity index (χ0n) is 15.6. The second kappa shape index (κ2) is 8.12. The van der Waals surface area contributed by atoms with Crippen LogP contribution in [0.1, 0.15) is 35.1 Å². The van der Waals surface area contributed by atoms with Gasteiger partial charge in [0.2, 0.25) is 0 Å². The van der Waals surface area contributed by atoms with Gasteiger partial charge in [0.15, 0.2) is 0 Å². The molecule has 0 radical (unpaired) electrons. The maximum absolute atomic E-state index is 11.8. The van der Waals surface area contributed by atoms with Crippen molar-refractivity contribution in [2.24, 2.45) is 0 Å². The number of ether oxygens (including phenoxy) is 1. The summed E-state index contributed by atoms with van der Waals surface area (Å²) in [6.07, 6.45) is 4.40. The van der Waals surface area contributed by atoms with E-state index in [0.29, 0.717) is 12.2 Å². The van der Waals surface area contributed by atoms with Crippen LogP contribution >= 0.6 is 0 Å². The van der Waals surface area contributed by atoms with E-state index in [1.165, 1.54) is 0 Å². The lowest BCUT2D eigenvalue weighted by molar-refractivity contribution is 0.0526. The SMILES string of the molecule is CCOC(=O)c1ccc(N2CCCN(c3nc(C)cnc3C)CC2)nc1. The molecule has 0 bridgehead atoms. The largest absolute Gasteiger partial charge is 0.462 e. The number of carbonyl (C=O) groups is 1. The van der Waals surface area contributed by atoms with Gasteiger partial charge in [-0.05, 0) is 39.3 Å². The van der Waals surface area contributed by atoms with Crippen molar-refractivity contribution in [1.82, 2.24) is 15.0 Å². The number of nitrogens with zero attached hydrogens (tertiary/aromatic N) is 5. The van der Waals surface area contributed by atoms with Gasteiger partial charge in [0.05, 0.1) is 23.6 Å². The third kappa shape index (κ3) is 4.09. The number of esters is 1. The smallest absolute Gasteiger partial charge is 0.339 e. The van der Waals surface area contributed by atoms with Crippen LogP contribution in [0.2, 0.25) is 0 Å². The standard InChI is InChI=1S/C19H25N5O2/c1-4-26-19(25)16-6-7-17(21-13-16)23-8-5-9-24(11-10-23)18-15(3)20-12-14(2)22-18/h6-7,12-13H,4-5,8-11H2,1-3H3. The van der Waals surface area contributed by atoms with Crippen molar-refractivity contribution in [3.63, 3.8) is 0 Å². The number of hydrogen-bond donors (Lipinski definition) is 0. The first kappa shape index (κ1) is 18.1. The minimum Gasteiger partial charge on any atom is -0.462 e. The molecule has 1 aliphatic heterocycles. The Balaban J connectivity index is 1.68. The van der Waals surface area contributed by atoms with Crippen LogP contribution in [0.4, 0.5) is 11.6 Å². The van der Waals surface area contributed by atoms with Crippen LogP contribution < -0.4 is 9.80 Å². The summed E-state index contributed by atoms with van der Waals surface area (Å²) in [5.74, 6) is 1.52. The highest BCUT2D eigenvalue weighted by molar-refractivity contribution is 5.89. The molecule has 1 saturated heterocycles. The highest BCUT2D eigenvalue weighted by Crippen LogP contribution is 2.20. The van der Waals surface area contributed by atoms with Gasteiger partial charge in [-0.25, -0.2) is 14.8 Å². The topological polar surface area (TPSA) is 71.5 Å². The quantitative estimate of drug-likeness (QED) is 0.780. The van der Waals surface area contributed by atoms with Crippen LogP contribution in [-0.4, -0.2) is 53.7 Å². The molecule has 0 aromatic carbocycles. The number of aromatic nitrogens is 3. The molecule has 3 heterocycles. The summed E-state index contributed by atoms with van der Waals surface area (Å²) < 4.78 is 5.01. The Labute approximate surface area is 154 Å². The van der Waals surface area contributed by atoms with Gasteiger partial charge in [-0.2, -0.15) is 0 Å². The first-order valence-electron chi connectivity index (χ1n) is 9.02. The van der Waals surface area contributed by atoms with E-state index >= 15 is 0 Å². The summed E-state index contributed by atoms with van der Waals surface area (Å²) in [5.41, 5.74) is 2.38. The van der Waals surface area contributed by atoms with Crippen LogP contribution in [0.3, 0.4) is 0 Å². The van der Waals surface area contributed by atoms with E-state index < -0.39 is 0 Å². The van der Waals surface area contributed by atoms with Crippen molar-refractivity contribution in [2.45, 2.75) is 27.2 Å². The Bertz CT molecular complexity index is 763. The van der Waals surface area contributed by atoms with Crippen LogP contribution in [0.15, 0.2) is 24.5 Å². The minimum absolute atomic E-state index is 0.331. The molecule has 3 rings (SSSR count). The van der Waals surface area contributed by atoms with Gasteiger partial charge in [0.25, 0.3) is 0 Å². The Morgan fingerprint density at radius 2 is 1.85 bits per heavy atom. The van der Waals surface area contributed by atoms with E-state index in [-0.39, 0.29) is 5.97 Å². The van der Waals surface area contributed by atoms with Crippen molar-refractivity contribution in [2.75, 3.05) is 42.6 Å². The van der Waals surface area contributed by atoms with E-state index in [4.69, 9.17) is 4.74 Å². The van der Waals surface area contributed by atoms with Gasteiger partial charge in [-0.1, -0.05) is 0 Å². The van der Waals surface area contributed by atoms with E-state index in [9.17, 15) is 4.79 Å². The van der Waals surface area contributed by atoms with Crippen molar-refractivity contribution < 1.29 is 9.53 Å². The van der Waals surface area contributed by atoms with Gasteiger partial charge in [-0.15, -0.1) is 0 Å². The van der Waals surface area contributed by atoms with Crippen molar-refractivity contribution in [3.8, 4) is 0 Å². The summed E-state index contributed by atoms with van der Waals surface area (Å²) in [7, 11) is 0. The summed E-state index contributed by atoms with van der Waals surface area (Å²) >= 11 is 0. The number of pyridine rings is 1. The predicted octanol–water partition coefficient (Wildman–Crippen LogP) is 2.38. The third-order valence-corrected chi connectivity index (χ3v) is 4.43. The minimum atomic E-state index is -0.331. The van der Waals surface area contributed by atoms with Gasteiger partial charge in [-0.3, -0.25) is 4.98 Å². The lowest BCUT2D eigenvalue weighted by atomic mass is 10.2. The first-order chi connectivity index (χ1) is 12.6. The van der Waals surface area contributed by atoms with Crippen molar-refractivity contribution in [3.05, 3.63) is 41.5 Å². The van der Waals surface area contributed by atoms with Crippen LogP contribution in [0.25, 0.3) is 0 Å². The summed E-state index contributed by atoms with van der Waals surface area (Å²) in [6, 6.07) is 3.67. The monoisotopic (exact) mass is 355 g/mol. The van der Waals surface area contributed by atoms with Gasteiger partial charge >= 0.3 is 5.97 Å². The van der Waals surface area contributed by atoms with Gasteiger partial charge < -0.3 is 14.5 Å². The van der Waals surface area contributed by atoms with Crippen LogP contribution in [-0.2, 0) is 4.74 Å². The Morgan fingerprint density at radius 1 is 1.08 bits per heavy atom.